The molecule has 0 saturated carbocycles. The van der Waals surface area contributed by atoms with E-state index in [1.807, 2.05) is 48.5 Å². The molecule has 6 heteroatoms. The van der Waals surface area contributed by atoms with E-state index in [2.05, 4.69) is 45.0 Å². The molecule has 2 aromatic rings. The number of halogens is 2. The van der Waals surface area contributed by atoms with Gasteiger partial charge in [-0.25, -0.2) is 0 Å². The van der Waals surface area contributed by atoms with Crippen molar-refractivity contribution in [3.8, 4) is 0 Å². The van der Waals surface area contributed by atoms with Crippen LogP contribution in [-0.4, -0.2) is 11.9 Å². The molecule has 2 heterocycles. The molecule has 2 aliphatic rings. The number of hydrogen-bond donors (Lipinski definition) is 0. The number of hydrogen-bond acceptors (Lipinski definition) is 4. The summed E-state index contributed by atoms with van der Waals surface area (Å²) in [6, 6.07) is 15.2. The first kappa shape index (κ1) is 24.0. The Kier molecular flexibility index (Phi) is 7.06. The van der Waals surface area contributed by atoms with Crippen molar-refractivity contribution < 1.29 is 19.1 Å². The summed E-state index contributed by atoms with van der Waals surface area (Å²) in [5, 5.41) is 0. The molecule has 0 spiro atoms. The molecular weight excluding hydrogens is 536 g/mol. The van der Waals surface area contributed by atoms with Crippen LogP contribution in [0.25, 0.3) is 11.5 Å². The van der Waals surface area contributed by atoms with E-state index in [1.165, 1.54) is 0 Å². The molecule has 0 saturated heterocycles. The summed E-state index contributed by atoms with van der Waals surface area (Å²) in [4.78, 5) is 23.2. The van der Waals surface area contributed by atoms with Gasteiger partial charge in [0.1, 0.15) is 22.3 Å². The fourth-order valence-electron chi connectivity index (χ4n) is 2.94. The average Bonchev–Trinajstić information content (AvgIpc) is 3.26. The number of rotatable bonds is 4. The van der Waals surface area contributed by atoms with Crippen molar-refractivity contribution in [2.24, 2.45) is 10.8 Å². The second-order valence-corrected chi connectivity index (χ2v) is 9.61. The smallest absolute Gasteiger partial charge is 0.325 e. The number of carbonyl (C=O) groups excluding carboxylic acids is 2. The second kappa shape index (κ2) is 9.43. The van der Waals surface area contributed by atoms with E-state index < -0.39 is 10.8 Å². The zero-order valence-corrected chi connectivity index (χ0v) is 20.9. The third-order valence-corrected chi connectivity index (χ3v) is 6.31. The molecule has 0 fully saturated rings. The Labute approximate surface area is 204 Å². The van der Waals surface area contributed by atoms with Gasteiger partial charge in [0.15, 0.2) is 0 Å². The van der Waals surface area contributed by atoms with Crippen molar-refractivity contribution in [3.05, 3.63) is 106 Å². The molecule has 0 unspecified atom stereocenters. The Morgan fingerprint density at radius 3 is 1.25 bits per heavy atom. The molecule has 0 aliphatic carbocycles. The summed E-state index contributed by atoms with van der Waals surface area (Å²) in [5.41, 5.74) is 0.370. The molecule has 0 bridgehead atoms. The predicted molar refractivity (Wildman–Crippen MR) is 133 cm³/mol. The maximum absolute atomic E-state index is 11.6. The monoisotopic (exact) mass is 556 g/mol. The van der Waals surface area contributed by atoms with Crippen LogP contribution in [0.5, 0.6) is 0 Å². The number of esters is 2. The van der Waals surface area contributed by atoms with Crippen molar-refractivity contribution in [2.45, 2.75) is 13.8 Å². The molecule has 164 valence electrons. The minimum absolute atomic E-state index is 0.277. The SMILES string of the molecule is C=C[C@@]1(C)C=C(c2ccc(Br)cc2)OC1=O.C=C[C@@]1(C)C=C(c2ccc(Br)cc2)OC1=O. The molecule has 4 nitrogen and oxygen atoms in total. The van der Waals surface area contributed by atoms with Gasteiger partial charge in [-0.2, -0.15) is 0 Å². The van der Waals surface area contributed by atoms with Crippen LogP contribution in [0, 0.1) is 10.8 Å². The van der Waals surface area contributed by atoms with Crippen LogP contribution in [0.15, 0.2) is 94.9 Å². The van der Waals surface area contributed by atoms with Gasteiger partial charge >= 0.3 is 11.9 Å². The van der Waals surface area contributed by atoms with Crippen molar-refractivity contribution in [1.29, 1.82) is 0 Å². The highest BCUT2D eigenvalue weighted by Crippen LogP contribution is 2.37. The third kappa shape index (κ3) is 5.03. The quantitative estimate of drug-likeness (QED) is 0.298. The van der Waals surface area contributed by atoms with E-state index >= 15 is 0 Å². The first-order valence-electron chi connectivity index (χ1n) is 9.79. The number of carbonyl (C=O) groups is 2. The molecular formula is C26H22Br2O4. The van der Waals surface area contributed by atoms with Crippen LogP contribution in [0.1, 0.15) is 25.0 Å². The highest BCUT2D eigenvalue weighted by molar-refractivity contribution is 9.10. The summed E-state index contributed by atoms with van der Waals surface area (Å²) >= 11 is 6.72. The zero-order chi connectivity index (χ0) is 23.5. The Morgan fingerprint density at radius 1 is 0.688 bits per heavy atom. The fourth-order valence-corrected chi connectivity index (χ4v) is 3.47. The van der Waals surface area contributed by atoms with Gasteiger partial charge in [-0.05, 0) is 50.3 Å². The van der Waals surface area contributed by atoms with Crippen molar-refractivity contribution in [3.63, 3.8) is 0 Å². The van der Waals surface area contributed by atoms with Gasteiger partial charge in [0.05, 0.1) is 0 Å². The van der Waals surface area contributed by atoms with Gasteiger partial charge in [-0.1, -0.05) is 68.3 Å². The molecule has 2 aliphatic heterocycles. The van der Waals surface area contributed by atoms with Crippen LogP contribution in [0.4, 0.5) is 0 Å². The Hall–Kier alpha value is -2.70. The number of benzene rings is 2. The average molecular weight is 558 g/mol. The normalized spacial score (nSPS) is 23.9. The maximum Gasteiger partial charge on any atom is 0.325 e. The van der Waals surface area contributed by atoms with E-state index in [1.54, 1.807) is 38.2 Å². The van der Waals surface area contributed by atoms with Crippen LogP contribution < -0.4 is 0 Å². The van der Waals surface area contributed by atoms with Crippen LogP contribution >= 0.6 is 31.9 Å². The van der Waals surface area contributed by atoms with E-state index in [9.17, 15) is 9.59 Å². The Morgan fingerprint density at radius 2 is 1.00 bits per heavy atom. The van der Waals surface area contributed by atoms with Crippen LogP contribution in [0.2, 0.25) is 0 Å². The van der Waals surface area contributed by atoms with E-state index in [-0.39, 0.29) is 11.9 Å². The Bertz CT molecular complexity index is 1040. The van der Waals surface area contributed by atoms with E-state index in [4.69, 9.17) is 9.47 Å². The van der Waals surface area contributed by atoms with Gasteiger partial charge in [-0.3, -0.25) is 9.59 Å². The molecule has 0 amide bonds. The van der Waals surface area contributed by atoms with Gasteiger partial charge in [0.2, 0.25) is 0 Å². The lowest BCUT2D eigenvalue weighted by Crippen LogP contribution is -2.18. The van der Waals surface area contributed by atoms with Crippen LogP contribution in [0.3, 0.4) is 0 Å². The molecule has 0 aromatic heterocycles. The van der Waals surface area contributed by atoms with Gasteiger partial charge in [0.25, 0.3) is 0 Å². The van der Waals surface area contributed by atoms with Crippen molar-refractivity contribution in [1.82, 2.24) is 0 Å². The summed E-state index contributed by atoms with van der Waals surface area (Å²) in [6.45, 7) is 10.9. The highest BCUT2D eigenvalue weighted by atomic mass is 79.9. The lowest BCUT2D eigenvalue weighted by Gasteiger charge is -2.09. The second-order valence-electron chi connectivity index (χ2n) is 7.78. The minimum Gasteiger partial charge on any atom is -0.425 e. The first-order chi connectivity index (χ1) is 15.1. The van der Waals surface area contributed by atoms with Gasteiger partial charge < -0.3 is 9.47 Å². The standard InChI is InChI=1S/2C13H11BrO2/c2*1-3-13(2)8-11(16-12(13)15)9-4-6-10(14)7-5-9/h2*3-8H,1H2,2H3/t2*13-/m00/s1. The summed E-state index contributed by atoms with van der Waals surface area (Å²) in [7, 11) is 0. The van der Waals surface area contributed by atoms with Gasteiger partial charge in [0, 0.05) is 20.1 Å². The fraction of sp³-hybridized carbons (Fsp3) is 0.154. The number of ether oxygens (including phenoxy) is 2. The topological polar surface area (TPSA) is 52.6 Å². The Balaban J connectivity index is 0.000000181. The zero-order valence-electron chi connectivity index (χ0n) is 17.7. The van der Waals surface area contributed by atoms with E-state index in [0.717, 1.165) is 20.1 Å². The first-order valence-corrected chi connectivity index (χ1v) is 11.4. The van der Waals surface area contributed by atoms with E-state index in [0.29, 0.717) is 11.5 Å². The van der Waals surface area contributed by atoms with Crippen molar-refractivity contribution in [2.75, 3.05) is 0 Å². The van der Waals surface area contributed by atoms with Crippen molar-refractivity contribution >= 4 is 55.3 Å². The molecule has 32 heavy (non-hydrogen) atoms. The molecule has 2 atom stereocenters. The molecule has 0 N–H and O–H groups in total. The lowest BCUT2D eigenvalue weighted by atomic mass is 9.91. The third-order valence-electron chi connectivity index (χ3n) is 5.25. The number of cyclic esters (lactones) is 2. The molecule has 4 rings (SSSR count). The summed E-state index contributed by atoms with van der Waals surface area (Å²) in [5.74, 6) is 0.639. The maximum atomic E-state index is 11.6. The van der Waals surface area contributed by atoms with Crippen LogP contribution in [-0.2, 0) is 19.1 Å². The highest BCUT2D eigenvalue weighted by Gasteiger charge is 2.38. The predicted octanol–water partition coefficient (Wildman–Crippen LogP) is 7.08. The summed E-state index contributed by atoms with van der Waals surface area (Å²) < 4.78 is 12.4. The minimum atomic E-state index is -0.706. The summed E-state index contributed by atoms with van der Waals surface area (Å²) in [6.07, 6.45) is 6.79. The lowest BCUT2D eigenvalue weighted by molar-refractivity contribution is -0.141. The molecule has 0 radical (unpaired) electrons. The largest absolute Gasteiger partial charge is 0.425 e. The van der Waals surface area contributed by atoms with Gasteiger partial charge in [-0.15, -0.1) is 13.2 Å². The molecule has 2 aromatic carbocycles.